The lowest BCUT2D eigenvalue weighted by Gasteiger charge is -2.21. The fourth-order valence-corrected chi connectivity index (χ4v) is 3.38. The summed E-state index contributed by atoms with van der Waals surface area (Å²) in [6, 6.07) is 5.20. The summed E-state index contributed by atoms with van der Waals surface area (Å²) in [7, 11) is 0. The van der Waals surface area contributed by atoms with Gasteiger partial charge in [-0.15, -0.1) is 0 Å². The van der Waals surface area contributed by atoms with Crippen LogP contribution in [0.2, 0.25) is 0 Å². The second-order valence-electron chi connectivity index (χ2n) is 4.65. The van der Waals surface area contributed by atoms with Crippen LogP contribution in [-0.4, -0.2) is 22.5 Å². The molecule has 1 fully saturated rings. The number of benzene rings is 1. The molecule has 5 heteroatoms. The molecule has 1 N–H and O–H groups in total. The average molecular weight is 266 g/mol. The van der Waals surface area contributed by atoms with Gasteiger partial charge < -0.3 is 5.32 Å². The van der Waals surface area contributed by atoms with Crippen LogP contribution in [0.1, 0.15) is 24.8 Å². The molecule has 1 aromatic rings. The molecule has 1 atom stereocenters. The molecule has 1 heterocycles. The van der Waals surface area contributed by atoms with E-state index in [-0.39, 0.29) is 10.6 Å². The van der Waals surface area contributed by atoms with Crippen LogP contribution in [-0.2, 0) is 0 Å². The summed E-state index contributed by atoms with van der Waals surface area (Å²) in [5.74, 6) is 1.21. The van der Waals surface area contributed by atoms with E-state index >= 15 is 0 Å². The molecular weight excluding hydrogens is 248 g/mol. The van der Waals surface area contributed by atoms with Crippen LogP contribution in [0.4, 0.5) is 11.4 Å². The minimum atomic E-state index is -0.324. The molecule has 0 saturated carbocycles. The molecule has 98 valence electrons. The Hall–Kier alpha value is -1.23. The Balaban J connectivity index is 2.03. The van der Waals surface area contributed by atoms with Crippen molar-refractivity contribution in [1.82, 2.24) is 0 Å². The number of nitrogens with zero attached hydrogens (tertiary/aromatic N) is 1. The van der Waals surface area contributed by atoms with E-state index in [2.05, 4.69) is 5.32 Å². The Morgan fingerprint density at radius 1 is 1.50 bits per heavy atom. The zero-order chi connectivity index (χ0) is 13.0. The van der Waals surface area contributed by atoms with Crippen molar-refractivity contribution >= 4 is 23.1 Å². The predicted octanol–water partition coefficient (Wildman–Crippen LogP) is 3.60. The maximum atomic E-state index is 10.9. The van der Waals surface area contributed by atoms with Crippen molar-refractivity contribution in [2.24, 2.45) is 0 Å². The highest BCUT2D eigenvalue weighted by atomic mass is 32.2. The highest BCUT2D eigenvalue weighted by molar-refractivity contribution is 7.99. The monoisotopic (exact) mass is 266 g/mol. The Labute approximate surface area is 111 Å². The van der Waals surface area contributed by atoms with Gasteiger partial charge in [0.15, 0.2) is 0 Å². The summed E-state index contributed by atoms with van der Waals surface area (Å²) >= 11 is 1.97. The van der Waals surface area contributed by atoms with E-state index < -0.39 is 0 Å². The third kappa shape index (κ3) is 3.38. The molecule has 1 aliphatic rings. The van der Waals surface area contributed by atoms with Crippen molar-refractivity contribution in [2.75, 3.05) is 17.6 Å². The van der Waals surface area contributed by atoms with Gasteiger partial charge in [-0.05, 0) is 37.1 Å². The highest BCUT2D eigenvalue weighted by Crippen LogP contribution is 2.28. The summed E-state index contributed by atoms with van der Waals surface area (Å²) in [4.78, 5) is 10.6. The van der Waals surface area contributed by atoms with Crippen molar-refractivity contribution in [3.63, 3.8) is 0 Å². The van der Waals surface area contributed by atoms with Crippen LogP contribution >= 0.6 is 11.8 Å². The van der Waals surface area contributed by atoms with Gasteiger partial charge in [0, 0.05) is 17.9 Å². The van der Waals surface area contributed by atoms with Gasteiger partial charge >= 0.3 is 0 Å². The van der Waals surface area contributed by atoms with E-state index in [1.807, 2.05) is 24.8 Å². The summed E-state index contributed by atoms with van der Waals surface area (Å²) in [6.07, 6.45) is 3.78. The van der Waals surface area contributed by atoms with E-state index in [1.165, 1.54) is 25.0 Å². The van der Waals surface area contributed by atoms with E-state index in [9.17, 15) is 10.1 Å². The molecule has 0 amide bonds. The lowest BCUT2D eigenvalue weighted by atomic mass is 10.1. The van der Waals surface area contributed by atoms with Crippen LogP contribution in [0.5, 0.6) is 0 Å². The lowest BCUT2D eigenvalue weighted by Crippen LogP contribution is -2.20. The summed E-state index contributed by atoms with van der Waals surface area (Å²) < 4.78 is 0. The summed E-state index contributed by atoms with van der Waals surface area (Å²) in [5, 5.41) is 14.8. The van der Waals surface area contributed by atoms with Gasteiger partial charge in [0.25, 0.3) is 5.69 Å². The first-order valence-corrected chi connectivity index (χ1v) is 7.32. The Bertz CT molecular complexity index is 431. The molecule has 4 nitrogen and oxygen atoms in total. The van der Waals surface area contributed by atoms with Gasteiger partial charge in [0.1, 0.15) is 5.69 Å². The molecule has 18 heavy (non-hydrogen) atoms. The SMILES string of the molecule is Cc1ccc([N+](=O)[O-])c(NCC2CCCCS2)c1. The second-order valence-corrected chi connectivity index (χ2v) is 6.06. The van der Waals surface area contributed by atoms with Gasteiger partial charge in [-0.25, -0.2) is 0 Å². The summed E-state index contributed by atoms with van der Waals surface area (Å²) in [6.45, 7) is 2.76. The number of nitro benzene ring substituents is 1. The molecule has 0 bridgehead atoms. The molecular formula is C13H18N2O2S. The first-order valence-electron chi connectivity index (χ1n) is 6.27. The van der Waals surface area contributed by atoms with E-state index in [0.717, 1.165) is 12.1 Å². The number of nitro groups is 1. The number of thioether (sulfide) groups is 1. The second kappa shape index (κ2) is 6.09. The number of anilines is 1. The van der Waals surface area contributed by atoms with Crippen molar-refractivity contribution in [2.45, 2.75) is 31.4 Å². The van der Waals surface area contributed by atoms with Crippen molar-refractivity contribution in [1.29, 1.82) is 0 Å². The fraction of sp³-hybridized carbons (Fsp3) is 0.538. The minimum Gasteiger partial charge on any atom is -0.378 e. The van der Waals surface area contributed by atoms with Crippen LogP contribution in [0, 0.1) is 17.0 Å². The largest absolute Gasteiger partial charge is 0.378 e. The van der Waals surface area contributed by atoms with Gasteiger partial charge in [0.05, 0.1) is 4.92 Å². The maximum absolute atomic E-state index is 10.9. The number of hydrogen-bond acceptors (Lipinski definition) is 4. The van der Waals surface area contributed by atoms with Gasteiger partial charge in [0.2, 0.25) is 0 Å². The van der Waals surface area contributed by atoms with Crippen molar-refractivity contribution in [3.8, 4) is 0 Å². The first kappa shape index (κ1) is 13.2. The van der Waals surface area contributed by atoms with E-state index in [1.54, 1.807) is 12.1 Å². The minimum absolute atomic E-state index is 0.168. The number of hydrogen-bond donors (Lipinski definition) is 1. The molecule has 1 aromatic carbocycles. The molecule has 1 aliphatic heterocycles. The zero-order valence-corrected chi connectivity index (χ0v) is 11.3. The Kier molecular flexibility index (Phi) is 4.47. The predicted molar refractivity (Wildman–Crippen MR) is 76.4 cm³/mol. The average Bonchev–Trinajstić information content (AvgIpc) is 2.37. The normalized spacial score (nSPS) is 19.5. The molecule has 0 spiro atoms. The highest BCUT2D eigenvalue weighted by Gasteiger charge is 2.17. The van der Waals surface area contributed by atoms with Crippen molar-refractivity contribution < 1.29 is 4.92 Å². The topological polar surface area (TPSA) is 55.2 Å². The van der Waals surface area contributed by atoms with Gasteiger partial charge in [-0.1, -0.05) is 12.5 Å². The van der Waals surface area contributed by atoms with Crippen molar-refractivity contribution in [3.05, 3.63) is 33.9 Å². The third-order valence-electron chi connectivity index (χ3n) is 3.14. The van der Waals surface area contributed by atoms with Crippen LogP contribution in [0.15, 0.2) is 18.2 Å². The molecule has 1 unspecified atom stereocenters. The van der Waals surface area contributed by atoms with E-state index in [0.29, 0.717) is 10.9 Å². The van der Waals surface area contributed by atoms with Crippen LogP contribution in [0.25, 0.3) is 0 Å². The lowest BCUT2D eigenvalue weighted by molar-refractivity contribution is -0.384. The number of nitrogens with one attached hydrogen (secondary N) is 1. The number of rotatable bonds is 4. The van der Waals surface area contributed by atoms with Gasteiger partial charge in [-0.3, -0.25) is 10.1 Å². The number of aryl methyl sites for hydroxylation is 1. The van der Waals surface area contributed by atoms with Gasteiger partial charge in [-0.2, -0.15) is 11.8 Å². The smallest absolute Gasteiger partial charge is 0.292 e. The fourth-order valence-electron chi connectivity index (χ4n) is 2.14. The Morgan fingerprint density at radius 3 is 3.00 bits per heavy atom. The molecule has 0 aromatic heterocycles. The first-order chi connectivity index (χ1) is 8.66. The van der Waals surface area contributed by atoms with Crippen LogP contribution in [0.3, 0.4) is 0 Å². The third-order valence-corrected chi connectivity index (χ3v) is 4.54. The van der Waals surface area contributed by atoms with E-state index in [4.69, 9.17) is 0 Å². The standard InChI is InChI=1S/C13H18N2O2S/c1-10-5-6-13(15(16)17)12(8-10)14-9-11-4-2-3-7-18-11/h5-6,8,11,14H,2-4,7,9H2,1H3. The molecule has 2 rings (SSSR count). The maximum Gasteiger partial charge on any atom is 0.292 e. The zero-order valence-electron chi connectivity index (χ0n) is 10.5. The molecule has 0 radical (unpaired) electrons. The quantitative estimate of drug-likeness (QED) is 0.668. The summed E-state index contributed by atoms with van der Waals surface area (Å²) in [5.41, 5.74) is 1.85. The molecule has 0 aliphatic carbocycles. The molecule has 1 saturated heterocycles. The van der Waals surface area contributed by atoms with Crippen LogP contribution < -0.4 is 5.32 Å². The Morgan fingerprint density at radius 2 is 2.33 bits per heavy atom.